The Balaban J connectivity index is 1.92. The lowest BCUT2D eigenvalue weighted by atomic mass is 10.3. The molecule has 7 heteroatoms. The quantitative estimate of drug-likeness (QED) is 0.818. The SMILES string of the molecule is O=C(c1cn[nH]n1)N1CCCN(CCBr)CC1. The number of nitrogens with one attached hydrogen (secondary N) is 1. The van der Waals surface area contributed by atoms with Gasteiger partial charge in [-0.15, -0.1) is 0 Å². The van der Waals surface area contributed by atoms with E-state index in [-0.39, 0.29) is 5.91 Å². The van der Waals surface area contributed by atoms with E-state index in [1.165, 1.54) is 6.20 Å². The fourth-order valence-electron chi connectivity index (χ4n) is 1.98. The number of carbonyl (C=O) groups excluding carboxylic acids is 1. The van der Waals surface area contributed by atoms with Gasteiger partial charge in [0.05, 0.1) is 6.20 Å². The molecular weight excluding hydrogens is 286 g/mol. The first-order chi connectivity index (χ1) is 8.31. The largest absolute Gasteiger partial charge is 0.336 e. The third kappa shape index (κ3) is 3.26. The molecule has 2 heterocycles. The number of rotatable bonds is 3. The number of hydrogen-bond donors (Lipinski definition) is 1. The summed E-state index contributed by atoms with van der Waals surface area (Å²) in [5.74, 6) is -0.0283. The molecule has 1 fully saturated rings. The Kier molecular flexibility index (Phi) is 4.49. The highest BCUT2D eigenvalue weighted by molar-refractivity contribution is 9.09. The first-order valence-corrected chi connectivity index (χ1v) is 6.87. The van der Waals surface area contributed by atoms with E-state index >= 15 is 0 Å². The molecule has 1 aromatic heterocycles. The molecule has 6 nitrogen and oxygen atoms in total. The molecule has 1 N–H and O–H groups in total. The molecule has 1 amide bonds. The summed E-state index contributed by atoms with van der Waals surface area (Å²) >= 11 is 3.44. The number of hydrogen-bond acceptors (Lipinski definition) is 4. The highest BCUT2D eigenvalue weighted by Gasteiger charge is 2.21. The van der Waals surface area contributed by atoms with Gasteiger partial charge in [-0.25, -0.2) is 0 Å². The van der Waals surface area contributed by atoms with Crippen LogP contribution in [0.25, 0.3) is 0 Å². The Morgan fingerprint density at radius 3 is 3.00 bits per heavy atom. The van der Waals surface area contributed by atoms with Crippen molar-refractivity contribution in [2.45, 2.75) is 6.42 Å². The average molecular weight is 302 g/mol. The Morgan fingerprint density at radius 2 is 2.29 bits per heavy atom. The Bertz CT molecular complexity index is 356. The molecule has 17 heavy (non-hydrogen) atoms. The van der Waals surface area contributed by atoms with Gasteiger partial charge >= 0.3 is 0 Å². The van der Waals surface area contributed by atoms with Crippen molar-refractivity contribution < 1.29 is 4.79 Å². The third-order valence-electron chi connectivity index (χ3n) is 2.91. The van der Waals surface area contributed by atoms with Gasteiger partial charge in [-0.05, 0) is 13.0 Å². The van der Waals surface area contributed by atoms with Crippen molar-refractivity contribution in [3.05, 3.63) is 11.9 Å². The van der Waals surface area contributed by atoms with Crippen LogP contribution in [0.4, 0.5) is 0 Å². The number of carbonyl (C=O) groups is 1. The lowest BCUT2D eigenvalue weighted by Crippen LogP contribution is -2.35. The van der Waals surface area contributed by atoms with E-state index in [1.54, 1.807) is 0 Å². The average Bonchev–Trinajstić information content (AvgIpc) is 2.76. The number of aromatic amines is 1. The van der Waals surface area contributed by atoms with Crippen molar-refractivity contribution in [1.29, 1.82) is 0 Å². The summed E-state index contributed by atoms with van der Waals surface area (Å²) in [6.45, 7) is 4.57. The van der Waals surface area contributed by atoms with Gasteiger partial charge in [0.15, 0.2) is 5.69 Å². The minimum Gasteiger partial charge on any atom is -0.336 e. The molecule has 94 valence electrons. The van der Waals surface area contributed by atoms with Crippen LogP contribution in [0.1, 0.15) is 16.9 Å². The van der Waals surface area contributed by atoms with Crippen LogP contribution in [0.15, 0.2) is 6.20 Å². The van der Waals surface area contributed by atoms with Crippen LogP contribution < -0.4 is 0 Å². The second kappa shape index (κ2) is 6.11. The van der Waals surface area contributed by atoms with Gasteiger partial charge in [0.2, 0.25) is 0 Å². The molecule has 0 bridgehead atoms. The summed E-state index contributed by atoms with van der Waals surface area (Å²) in [5, 5.41) is 10.9. The van der Waals surface area contributed by atoms with E-state index in [1.807, 2.05) is 4.90 Å². The van der Waals surface area contributed by atoms with Crippen LogP contribution in [0.3, 0.4) is 0 Å². The van der Waals surface area contributed by atoms with Crippen LogP contribution in [0.5, 0.6) is 0 Å². The number of H-pyrrole nitrogens is 1. The zero-order valence-electron chi connectivity index (χ0n) is 9.60. The van der Waals surface area contributed by atoms with Gasteiger partial charge < -0.3 is 9.80 Å². The molecular formula is C10H16BrN5O. The smallest absolute Gasteiger partial charge is 0.276 e. The summed E-state index contributed by atoms with van der Waals surface area (Å²) in [7, 11) is 0. The van der Waals surface area contributed by atoms with E-state index in [0.717, 1.165) is 44.5 Å². The molecule has 1 aliphatic rings. The molecule has 0 aliphatic carbocycles. The maximum absolute atomic E-state index is 12.1. The summed E-state index contributed by atoms with van der Waals surface area (Å²) in [6, 6.07) is 0. The van der Waals surface area contributed by atoms with Crippen LogP contribution >= 0.6 is 15.9 Å². The van der Waals surface area contributed by atoms with Crippen molar-refractivity contribution in [3.8, 4) is 0 Å². The minimum absolute atomic E-state index is 0.0283. The molecule has 0 spiro atoms. The van der Waals surface area contributed by atoms with Crippen LogP contribution in [0, 0.1) is 0 Å². The Hall–Kier alpha value is -0.950. The zero-order valence-corrected chi connectivity index (χ0v) is 11.2. The first-order valence-electron chi connectivity index (χ1n) is 5.74. The predicted molar refractivity (Wildman–Crippen MR) is 67.1 cm³/mol. The van der Waals surface area contributed by atoms with Crippen molar-refractivity contribution in [2.75, 3.05) is 38.1 Å². The number of alkyl halides is 1. The molecule has 0 aromatic carbocycles. The lowest BCUT2D eigenvalue weighted by molar-refractivity contribution is 0.0756. The summed E-state index contributed by atoms with van der Waals surface area (Å²) < 4.78 is 0. The number of halogens is 1. The second-order valence-corrected chi connectivity index (χ2v) is 4.82. The zero-order chi connectivity index (χ0) is 12.1. The summed E-state index contributed by atoms with van der Waals surface area (Å²) in [6.07, 6.45) is 2.49. The van der Waals surface area contributed by atoms with Gasteiger partial charge in [-0.2, -0.15) is 15.4 Å². The topological polar surface area (TPSA) is 65.1 Å². The highest BCUT2D eigenvalue weighted by Crippen LogP contribution is 2.07. The summed E-state index contributed by atoms with van der Waals surface area (Å²) in [5.41, 5.74) is 0.402. The predicted octanol–water partition coefficient (Wildman–Crippen LogP) is 0.348. The third-order valence-corrected chi connectivity index (χ3v) is 3.27. The monoisotopic (exact) mass is 301 g/mol. The minimum atomic E-state index is -0.0283. The van der Waals surface area contributed by atoms with E-state index in [0.29, 0.717) is 5.69 Å². The fourth-order valence-corrected chi connectivity index (χ4v) is 2.49. The molecule has 0 radical (unpaired) electrons. The van der Waals surface area contributed by atoms with E-state index < -0.39 is 0 Å². The highest BCUT2D eigenvalue weighted by atomic mass is 79.9. The Morgan fingerprint density at radius 1 is 1.41 bits per heavy atom. The second-order valence-electron chi connectivity index (χ2n) is 4.03. The molecule has 0 atom stereocenters. The normalized spacial score (nSPS) is 18.1. The van der Waals surface area contributed by atoms with Gasteiger partial charge in [-0.3, -0.25) is 4.79 Å². The maximum atomic E-state index is 12.1. The standard InChI is InChI=1S/C10H16BrN5O/c11-2-5-15-3-1-4-16(7-6-15)10(17)9-8-12-14-13-9/h8H,1-7H2,(H,12,13,14). The van der Waals surface area contributed by atoms with Gasteiger partial charge in [-0.1, -0.05) is 15.9 Å². The van der Waals surface area contributed by atoms with E-state index in [4.69, 9.17) is 0 Å². The number of amides is 1. The van der Waals surface area contributed by atoms with Crippen molar-refractivity contribution in [1.82, 2.24) is 25.2 Å². The first kappa shape index (κ1) is 12.5. The van der Waals surface area contributed by atoms with E-state index in [2.05, 4.69) is 36.2 Å². The Labute approximate surface area is 108 Å². The molecule has 2 rings (SSSR count). The molecule has 1 aliphatic heterocycles. The molecule has 0 saturated carbocycles. The van der Waals surface area contributed by atoms with Crippen molar-refractivity contribution >= 4 is 21.8 Å². The van der Waals surface area contributed by atoms with Crippen molar-refractivity contribution in [3.63, 3.8) is 0 Å². The van der Waals surface area contributed by atoms with Crippen LogP contribution in [0.2, 0.25) is 0 Å². The maximum Gasteiger partial charge on any atom is 0.276 e. The van der Waals surface area contributed by atoms with E-state index in [9.17, 15) is 4.79 Å². The van der Waals surface area contributed by atoms with Gasteiger partial charge in [0, 0.05) is 31.5 Å². The van der Waals surface area contributed by atoms with Crippen LogP contribution in [-0.4, -0.2) is 69.2 Å². The van der Waals surface area contributed by atoms with Gasteiger partial charge in [0.1, 0.15) is 0 Å². The summed E-state index contributed by atoms with van der Waals surface area (Å²) in [4.78, 5) is 16.3. The van der Waals surface area contributed by atoms with Crippen molar-refractivity contribution in [2.24, 2.45) is 0 Å². The molecule has 1 aromatic rings. The fraction of sp³-hybridized carbons (Fsp3) is 0.700. The number of nitrogens with zero attached hydrogens (tertiary/aromatic N) is 4. The molecule has 1 saturated heterocycles. The van der Waals surface area contributed by atoms with Gasteiger partial charge in [0.25, 0.3) is 5.91 Å². The number of aromatic nitrogens is 3. The lowest BCUT2D eigenvalue weighted by Gasteiger charge is -2.20. The molecule has 0 unspecified atom stereocenters. The van der Waals surface area contributed by atoms with Crippen LogP contribution in [-0.2, 0) is 0 Å².